The number of benzene rings is 1. The Balaban J connectivity index is 2.00. The number of hydrogen-bond donors (Lipinski definition) is 3. The van der Waals surface area contributed by atoms with E-state index < -0.39 is 10.8 Å². The molecule has 1 aromatic carbocycles. The number of nitro benzene ring substituents is 1. The number of aryl methyl sites for hydroxylation is 1. The highest BCUT2D eigenvalue weighted by Crippen LogP contribution is 2.31. The minimum Gasteiger partial charge on any atom is -0.506 e. The number of rotatable bonds is 5. The fourth-order valence-corrected chi connectivity index (χ4v) is 3.79. The average molecular weight is 403 g/mol. The number of nitro groups is 1. The van der Waals surface area contributed by atoms with Gasteiger partial charge in [-0.2, -0.15) is 0 Å². The average Bonchev–Trinajstić information content (AvgIpc) is 2.93. The van der Waals surface area contributed by atoms with Crippen molar-refractivity contribution < 1.29 is 14.8 Å². The number of carbonyl (C=O) groups is 1. The molecule has 0 bridgehead atoms. The Morgan fingerprint density at radius 3 is 2.79 bits per heavy atom. The van der Waals surface area contributed by atoms with Gasteiger partial charge >= 0.3 is 0 Å². The number of phenols is 1. The number of nitrogens with zero attached hydrogens (tertiary/aromatic N) is 3. The molecule has 0 aliphatic carbocycles. The quantitative estimate of drug-likeness (QED) is 0.337. The Morgan fingerprint density at radius 1 is 1.43 bits per heavy atom. The van der Waals surface area contributed by atoms with Gasteiger partial charge in [0.2, 0.25) is 0 Å². The molecule has 0 saturated carbocycles. The number of H-pyrrole nitrogens is 1. The van der Waals surface area contributed by atoms with Crippen molar-refractivity contribution in [3.8, 4) is 5.75 Å². The van der Waals surface area contributed by atoms with Crippen molar-refractivity contribution in [2.24, 2.45) is 0 Å². The van der Waals surface area contributed by atoms with Crippen molar-refractivity contribution in [1.82, 2.24) is 14.9 Å². The van der Waals surface area contributed by atoms with E-state index in [-0.39, 0.29) is 27.6 Å². The molecular formula is C17H17N5O5S. The predicted molar refractivity (Wildman–Crippen MR) is 105 cm³/mol. The number of fused-ring (bicyclic) bond motifs is 1. The van der Waals surface area contributed by atoms with E-state index in [4.69, 9.17) is 0 Å². The molecule has 11 heteroatoms. The van der Waals surface area contributed by atoms with Crippen molar-refractivity contribution in [3.63, 3.8) is 0 Å². The number of aromatic hydroxyl groups is 1. The van der Waals surface area contributed by atoms with Crippen molar-refractivity contribution in [3.05, 3.63) is 54.9 Å². The monoisotopic (exact) mass is 403 g/mol. The van der Waals surface area contributed by atoms with Gasteiger partial charge < -0.3 is 20.3 Å². The van der Waals surface area contributed by atoms with Gasteiger partial charge in [0.15, 0.2) is 0 Å². The maximum atomic E-state index is 12.7. The standard InChI is InChI=1S/C17H17N5O5S/c1-8-13-15(24)19-12(7-21(2)3)20-17(13)28-14(8)16(25)18-10-6-9(22(26)27)4-5-11(10)23/h4-6,23H,7H2,1-3H3,(H,18,25)(H,19,20,24). The molecule has 0 aliphatic heterocycles. The van der Waals surface area contributed by atoms with Gasteiger partial charge in [0.25, 0.3) is 17.2 Å². The van der Waals surface area contributed by atoms with Gasteiger partial charge in [-0.15, -0.1) is 11.3 Å². The summed E-state index contributed by atoms with van der Waals surface area (Å²) < 4.78 is 0. The van der Waals surface area contributed by atoms with E-state index in [1.165, 1.54) is 0 Å². The number of thiophene rings is 1. The van der Waals surface area contributed by atoms with E-state index >= 15 is 0 Å². The summed E-state index contributed by atoms with van der Waals surface area (Å²) in [5.74, 6) is -0.418. The van der Waals surface area contributed by atoms with Crippen molar-refractivity contribution in [2.45, 2.75) is 13.5 Å². The third-order valence-electron chi connectivity index (χ3n) is 3.96. The first-order valence-corrected chi connectivity index (χ1v) is 8.94. The molecule has 3 N–H and O–H groups in total. The number of nitrogens with one attached hydrogen (secondary N) is 2. The maximum absolute atomic E-state index is 12.7. The minimum atomic E-state index is -0.629. The van der Waals surface area contributed by atoms with Crippen molar-refractivity contribution in [2.75, 3.05) is 19.4 Å². The number of phenolic OH excluding ortho intramolecular Hbond substituents is 1. The Kier molecular flexibility index (Phi) is 5.12. The summed E-state index contributed by atoms with van der Waals surface area (Å²) in [6, 6.07) is 3.33. The van der Waals surface area contributed by atoms with Gasteiger partial charge in [0.1, 0.15) is 16.4 Å². The lowest BCUT2D eigenvalue weighted by Gasteiger charge is -2.07. The molecule has 146 valence electrons. The van der Waals surface area contributed by atoms with Crippen molar-refractivity contribution >= 4 is 38.8 Å². The molecule has 0 aliphatic rings. The summed E-state index contributed by atoms with van der Waals surface area (Å²) in [5, 5.41) is 23.6. The Hall–Kier alpha value is -3.31. The Bertz CT molecular complexity index is 1150. The van der Waals surface area contributed by atoms with E-state index in [1.54, 1.807) is 6.92 Å². The third kappa shape index (κ3) is 3.70. The van der Waals surface area contributed by atoms with Crippen LogP contribution in [0, 0.1) is 17.0 Å². The van der Waals surface area contributed by atoms with Crippen LogP contribution in [0.5, 0.6) is 5.75 Å². The molecule has 28 heavy (non-hydrogen) atoms. The summed E-state index contributed by atoms with van der Waals surface area (Å²) in [6.07, 6.45) is 0. The van der Waals surface area contributed by atoms with Crippen LogP contribution in [0.3, 0.4) is 0 Å². The molecule has 0 atom stereocenters. The van der Waals surface area contributed by atoms with E-state index in [0.717, 1.165) is 29.5 Å². The van der Waals surface area contributed by atoms with E-state index in [9.17, 15) is 24.8 Å². The Morgan fingerprint density at radius 2 is 2.14 bits per heavy atom. The molecule has 2 heterocycles. The zero-order valence-corrected chi connectivity index (χ0v) is 16.1. The van der Waals surface area contributed by atoms with Gasteiger partial charge in [-0.3, -0.25) is 19.7 Å². The number of hydrogen-bond acceptors (Lipinski definition) is 8. The fourth-order valence-electron chi connectivity index (χ4n) is 2.70. The van der Waals surface area contributed by atoms with Crippen LogP contribution in [0.25, 0.3) is 10.2 Å². The maximum Gasteiger partial charge on any atom is 0.271 e. The predicted octanol–water partition coefficient (Wildman–Crippen LogP) is 2.22. The number of aromatic nitrogens is 2. The number of amides is 1. The van der Waals surface area contributed by atoms with E-state index in [0.29, 0.717) is 28.1 Å². The number of aromatic amines is 1. The summed E-state index contributed by atoms with van der Waals surface area (Å²) in [7, 11) is 3.68. The first-order valence-electron chi connectivity index (χ1n) is 8.13. The second-order valence-corrected chi connectivity index (χ2v) is 7.40. The number of carbonyl (C=O) groups excluding carboxylic acids is 1. The smallest absolute Gasteiger partial charge is 0.271 e. The minimum absolute atomic E-state index is 0.0915. The first-order chi connectivity index (χ1) is 13.2. The highest BCUT2D eigenvalue weighted by Gasteiger charge is 2.21. The van der Waals surface area contributed by atoms with Crippen LogP contribution in [-0.4, -0.2) is 44.9 Å². The van der Waals surface area contributed by atoms with Crippen LogP contribution in [0.1, 0.15) is 21.1 Å². The number of non-ortho nitro benzene ring substituents is 1. The lowest BCUT2D eigenvalue weighted by Crippen LogP contribution is -2.18. The fraction of sp³-hybridized carbons (Fsp3) is 0.235. The molecule has 0 fully saturated rings. The largest absolute Gasteiger partial charge is 0.506 e. The van der Waals surface area contributed by atoms with Crippen LogP contribution >= 0.6 is 11.3 Å². The molecule has 0 radical (unpaired) electrons. The van der Waals surface area contributed by atoms with Gasteiger partial charge in [-0.1, -0.05) is 0 Å². The molecular weight excluding hydrogens is 386 g/mol. The third-order valence-corrected chi connectivity index (χ3v) is 5.15. The second-order valence-electron chi connectivity index (χ2n) is 6.40. The van der Waals surface area contributed by atoms with E-state index in [2.05, 4.69) is 15.3 Å². The van der Waals surface area contributed by atoms with Gasteiger partial charge in [-0.25, -0.2) is 4.98 Å². The summed E-state index contributed by atoms with van der Waals surface area (Å²) in [4.78, 5) is 45.0. The van der Waals surface area contributed by atoms with Crippen LogP contribution < -0.4 is 10.9 Å². The molecule has 0 unspecified atom stereocenters. The molecule has 1 amide bonds. The number of anilines is 1. The van der Waals surface area contributed by atoms with Crippen LogP contribution in [0.4, 0.5) is 11.4 Å². The highest BCUT2D eigenvalue weighted by molar-refractivity contribution is 7.20. The summed E-state index contributed by atoms with van der Waals surface area (Å²) in [6.45, 7) is 2.06. The van der Waals surface area contributed by atoms with Crippen molar-refractivity contribution in [1.29, 1.82) is 0 Å². The van der Waals surface area contributed by atoms with Crippen LogP contribution in [-0.2, 0) is 6.54 Å². The van der Waals surface area contributed by atoms with E-state index in [1.807, 2.05) is 19.0 Å². The lowest BCUT2D eigenvalue weighted by atomic mass is 10.2. The van der Waals surface area contributed by atoms with Gasteiger partial charge in [0.05, 0.1) is 27.4 Å². The molecule has 10 nitrogen and oxygen atoms in total. The highest BCUT2D eigenvalue weighted by atomic mass is 32.1. The molecule has 2 aromatic heterocycles. The molecule has 3 aromatic rings. The lowest BCUT2D eigenvalue weighted by molar-refractivity contribution is -0.384. The Labute approximate surface area is 162 Å². The van der Waals surface area contributed by atoms with Gasteiger partial charge in [0, 0.05) is 12.1 Å². The zero-order chi connectivity index (χ0) is 20.6. The van der Waals surface area contributed by atoms with Gasteiger partial charge in [-0.05, 0) is 32.6 Å². The topological polar surface area (TPSA) is 141 Å². The SMILES string of the molecule is Cc1c(C(=O)Nc2cc([N+](=O)[O-])ccc2O)sc2nc(CN(C)C)[nH]c(=O)c12. The zero-order valence-electron chi connectivity index (χ0n) is 15.3. The van der Waals surface area contributed by atoms with Crippen LogP contribution in [0.15, 0.2) is 23.0 Å². The molecule has 3 rings (SSSR count). The molecule has 0 spiro atoms. The van der Waals surface area contributed by atoms with Crippen LogP contribution in [0.2, 0.25) is 0 Å². The normalized spacial score (nSPS) is 11.1. The summed E-state index contributed by atoms with van der Waals surface area (Å²) in [5.41, 5.74) is -0.251. The second kappa shape index (κ2) is 7.37. The summed E-state index contributed by atoms with van der Waals surface area (Å²) >= 11 is 1.05. The first kappa shape index (κ1) is 19.5. The molecule has 0 saturated heterocycles.